The fourth-order valence-corrected chi connectivity index (χ4v) is 2.88. The predicted molar refractivity (Wildman–Crippen MR) is 87.5 cm³/mol. The fourth-order valence-electron chi connectivity index (χ4n) is 2.58. The van der Waals surface area contributed by atoms with Gasteiger partial charge in [-0.1, -0.05) is 30.7 Å². The van der Waals surface area contributed by atoms with Gasteiger partial charge in [0.05, 0.1) is 6.04 Å². The zero-order chi connectivity index (χ0) is 15.4. The molecule has 0 radical (unpaired) electrons. The predicted octanol–water partition coefficient (Wildman–Crippen LogP) is 5.18. The molecule has 1 nitrogen and oxygen atoms in total. The van der Waals surface area contributed by atoms with Crippen LogP contribution in [0, 0.1) is 19.7 Å². The van der Waals surface area contributed by atoms with Gasteiger partial charge in [-0.3, -0.25) is 0 Å². The number of hydrogen-bond acceptors (Lipinski definition) is 1. The van der Waals surface area contributed by atoms with Crippen molar-refractivity contribution < 1.29 is 4.39 Å². The van der Waals surface area contributed by atoms with Crippen molar-refractivity contribution in [3.63, 3.8) is 0 Å². The number of halogens is 2. The summed E-state index contributed by atoms with van der Waals surface area (Å²) in [5.41, 5.74) is 4.03. The zero-order valence-electron chi connectivity index (χ0n) is 12.7. The topological polar surface area (TPSA) is 12.0 Å². The maximum atomic E-state index is 13.7. The second kappa shape index (κ2) is 7.06. The molecule has 0 saturated heterocycles. The van der Waals surface area contributed by atoms with Crippen molar-refractivity contribution in [3.05, 3.63) is 69.5 Å². The molecular weight excluding hydrogens is 285 g/mol. The fraction of sp³-hybridized carbons (Fsp3) is 0.333. The van der Waals surface area contributed by atoms with E-state index in [0.29, 0.717) is 5.02 Å². The van der Waals surface area contributed by atoms with Gasteiger partial charge >= 0.3 is 0 Å². The molecule has 3 heteroatoms. The van der Waals surface area contributed by atoms with E-state index in [1.54, 1.807) is 12.1 Å². The molecule has 21 heavy (non-hydrogen) atoms. The van der Waals surface area contributed by atoms with Gasteiger partial charge in [-0.05, 0) is 73.3 Å². The molecule has 2 rings (SSSR count). The summed E-state index contributed by atoms with van der Waals surface area (Å²) in [6, 6.07) is 11.1. The summed E-state index contributed by atoms with van der Waals surface area (Å²) in [5, 5.41) is 4.20. The van der Waals surface area contributed by atoms with Crippen molar-refractivity contribution in [2.24, 2.45) is 0 Å². The van der Waals surface area contributed by atoms with Crippen molar-refractivity contribution >= 4 is 11.6 Å². The SMILES string of the molecule is CCCNC(c1cc(C)cc(F)c1)c1cc(C)cc(Cl)c1. The van der Waals surface area contributed by atoms with Gasteiger partial charge in [-0.15, -0.1) is 0 Å². The van der Waals surface area contributed by atoms with E-state index in [0.717, 1.165) is 35.2 Å². The summed E-state index contributed by atoms with van der Waals surface area (Å²) in [5.74, 6) is -0.202. The van der Waals surface area contributed by atoms with E-state index >= 15 is 0 Å². The van der Waals surface area contributed by atoms with E-state index < -0.39 is 0 Å². The monoisotopic (exact) mass is 305 g/mol. The summed E-state index contributed by atoms with van der Waals surface area (Å²) in [6.07, 6.45) is 1.02. The lowest BCUT2D eigenvalue weighted by atomic mass is 9.96. The maximum Gasteiger partial charge on any atom is 0.123 e. The molecule has 0 heterocycles. The average Bonchev–Trinajstić information content (AvgIpc) is 2.37. The summed E-state index contributed by atoms with van der Waals surface area (Å²) in [4.78, 5) is 0. The van der Waals surface area contributed by atoms with Crippen LogP contribution in [-0.4, -0.2) is 6.54 Å². The third-order valence-corrected chi connectivity index (χ3v) is 3.61. The Bertz CT molecular complexity index is 533. The molecule has 0 aliphatic rings. The summed E-state index contributed by atoms with van der Waals surface area (Å²) < 4.78 is 13.7. The molecule has 0 aliphatic heterocycles. The van der Waals surface area contributed by atoms with E-state index in [4.69, 9.17) is 11.6 Å². The van der Waals surface area contributed by atoms with Crippen molar-refractivity contribution in [2.75, 3.05) is 6.54 Å². The first-order valence-electron chi connectivity index (χ1n) is 7.27. The van der Waals surface area contributed by atoms with E-state index in [-0.39, 0.29) is 11.9 Å². The summed E-state index contributed by atoms with van der Waals surface area (Å²) in [6.45, 7) is 6.91. The third kappa shape index (κ3) is 4.29. The van der Waals surface area contributed by atoms with Crippen molar-refractivity contribution in [2.45, 2.75) is 33.2 Å². The van der Waals surface area contributed by atoms with Gasteiger partial charge in [0.2, 0.25) is 0 Å². The van der Waals surface area contributed by atoms with Crippen LogP contribution in [0.1, 0.15) is 41.6 Å². The van der Waals surface area contributed by atoms with Crippen LogP contribution < -0.4 is 5.32 Å². The van der Waals surface area contributed by atoms with Crippen LogP contribution in [0.2, 0.25) is 5.02 Å². The Balaban J connectivity index is 2.46. The summed E-state index contributed by atoms with van der Waals surface area (Å²) >= 11 is 6.18. The first-order valence-corrected chi connectivity index (χ1v) is 7.65. The van der Waals surface area contributed by atoms with Crippen LogP contribution in [0.25, 0.3) is 0 Å². The van der Waals surface area contributed by atoms with E-state index in [1.807, 2.05) is 32.0 Å². The lowest BCUT2D eigenvalue weighted by molar-refractivity contribution is 0.584. The smallest absolute Gasteiger partial charge is 0.123 e. The molecule has 2 aromatic carbocycles. The Morgan fingerprint density at radius 2 is 1.62 bits per heavy atom. The highest BCUT2D eigenvalue weighted by Crippen LogP contribution is 2.27. The molecule has 0 saturated carbocycles. The molecule has 1 atom stereocenters. The molecule has 1 N–H and O–H groups in total. The number of benzene rings is 2. The molecule has 0 aliphatic carbocycles. The van der Waals surface area contributed by atoms with E-state index in [1.165, 1.54) is 0 Å². The Kier molecular flexibility index (Phi) is 5.38. The third-order valence-electron chi connectivity index (χ3n) is 3.39. The van der Waals surface area contributed by atoms with Gasteiger partial charge in [0.15, 0.2) is 0 Å². The molecule has 0 amide bonds. The minimum Gasteiger partial charge on any atom is -0.306 e. The molecule has 1 unspecified atom stereocenters. The van der Waals surface area contributed by atoms with E-state index in [2.05, 4.69) is 18.3 Å². The van der Waals surface area contributed by atoms with Crippen LogP contribution >= 0.6 is 11.6 Å². The zero-order valence-corrected chi connectivity index (χ0v) is 13.5. The first kappa shape index (κ1) is 16.0. The van der Waals surface area contributed by atoms with Crippen molar-refractivity contribution in [1.29, 1.82) is 0 Å². The highest BCUT2D eigenvalue weighted by Gasteiger charge is 2.15. The minimum atomic E-state index is -0.202. The Morgan fingerprint density at radius 3 is 2.19 bits per heavy atom. The average molecular weight is 306 g/mol. The van der Waals surface area contributed by atoms with Crippen LogP contribution in [-0.2, 0) is 0 Å². The van der Waals surface area contributed by atoms with Crippen molar-refractivity contribution in [1.82, 2.24) is 5.32 Å². The quantitative estimate of drug-likeness (QED) is 0.802. The molecule has 0 fully saturated rings. The van der Waals surface area contributed by atoms with Gasteiger partial charge in [0, 0.05) is 5.02 Å². The molecule has 0 aromatic heterocycles. The van der Waals surface area contributed by atoms with Gasteiger partial charge in [0.25, 0.3) is 0 Å². The van der Waals surface area contributed by atoms with Gasteiger partial charge < -0.3 is 5.32 Å². The lowest BCUT2D eigenvalue weighted by Crippen LogP contribution is -2.23. The van der Waals surface area contributed by atoms with E-state index in [9.17, 15) is 4.39 Å². The Morgan fingerprint density at radius 1 is 1.00 bits per heavy atom. The maximum absolute atomic E-state index is 13.7. The molecular formula is C18H21ClFN. The molecule has 0 bridgehead atoms. The number of nitrogens with one attached hydrogen (secondary N) is 1. The van der Waals surface area contributed by atoms with Crippen LogP contribution in [0.15, 0.2) is 36.4 Å². The Hall–Kier alpha value is -1.38. The summed E-state index contributed by atoms with van der Waals surface area (Å²) in [7, 11) is 0. The molecule has 0 spiro atoms. The largest absolute Gasteiger partial charge is 0.306 e. The number of aryl methyl sites for hydroxylation is 2. The highest BCUT2D eigenvalue weighted by molar-refractivity contribution is 6.30. The molecule has 112 valence electrons. The van der Waals surface area contributed by atoms with Crippen LogP contribution in [0.4, 0.5) is 4.39 Å². The van der Waals surface area contributed by atoms with Crippen molar-refractivity contribution in [3.8, 4) is 0 Å². The van der Waals surface area contributed by atoms with Crippen LogP contribution in [0.5, 0.6) is 0 Å². The normalized spacial score (nSPS) is 12.4. The number of rotatable bonds is 5. The highest BCUT2D eigenvalue weighted by atomic mass is 35.5. The van der Waals surface area contributed by atoms with Gasteiger partial charge in [-0.25, -0.2) is 4.39 Å². The van der Waals surface area contributed by atoms with Gasteiger partial charge in [-0.2, -0.15) is 0 Å². The van der Waals surface area contributed by atoms with Crippen LogP contribution in [0.3, 0.4) is 0 Å². The first-order chi connectivity index (χ1) is 9.99. The lowest BCUT2D eigenvalue weighted by Gasteiger charge is -2.21. The molecule has 2 aromatic rings. The second-order valence-corrected chi connectivity index (χ2v) is 5.95. The Labute approximate surface area is 131 Å². The standard InChI is InChI=1S/C18H21ClFN/c1-4-5-21-18(14-6-12(2)8-16(19)10-14)15-7-13(3)9-17(20)11-15/h6-11,18,21H,4-5H2,1-3H3. The number of hydrogen-bond donors (Lipinski definition) is 1. The van der Waals surface area contributed by atoms with Gasteiger partial charge in [0.1, 0.15) is 5.82 Å². The second-order valence-electron chi connectivity index (χ2n) is 5.51. The minimum absolute atomic E-state index is 0.0447.